The number of alkyl halides is 1. The highest BCUT2D eigenvalue weighted by atomic mass is 19.1. The van der Waals surface area contributed by atoms with Crippen LogP contribution in [0.2, 0.25) is 0 Å². The van der Waals surface area contributed by atoms with E-state index in [1.54, 1.807) is 17.1 Å². The smallest absolute Gasteiger partial charge is 0.167 e. The molecule has 2 N–H and O–H groups in total. The van der Waals surface area contributed by atoms with E-state index in [1.165, 1.54) is 0 Å². The Labute approximate surface area is 177 Å². The molecule has 0 saturated carbocycles. The third kappa shape index (κ3) is 2.87. The van der Waals surface area contributed by atoms with Crippen LogP contribution in [0.15, 0.2) is 67.1 Å². The summed E-state index contributed by atoms with van der Waals surface area (Å²) < 4.78 is 17.6. The van der Waals surface area contributed by atoms with Gasteiger partial charge in [0, 0.05) is 37.1 Å². The molecule has 1 unspecified atom stereocenters. The standard InChI is InChI=1S/C23H18FN7/c24-16-11-14-4-5-17(13-15(14)12-16)31-22(18-3-1-8-26-21(18)25)28-19-6-7-20(29-23(19)31)30-10-2-9-27-30/h1-10,13,16H,11-12H2,(H2,25,26). The summed E-state index contributed by atoms with van der Waals surface area (Å²) in [7, 11) is 0. The highest BCUT2D eigenvalue weighted by molar-refractivity contribution is 5.83. The molecule has 4 aromatic heterocycles. The first-order chi connectivity index (χ1) is 15.2. The van der Waals surface area contributed by atoms with Crippen molar-refractivity contribution in [3.63, 3.8) is 0 Å². The van der Waals surface area contributed by atoms with Gasteiger partial charge in [0.1, 0.15) is 17.5 Å². The molecule has 1 aliphatic carbocycles. The van der Waals surface area contributed by atoms with Crippen molar-refractivity contribution in [2.45, 2.75) is 19.0 Å². The Morgan fingerprint density at radius 1 is 0.968 bits per heavy atom. The Morgan fingerprint density at radius 2 is 1.87 bits per heavy atom. The molecular formula is C23H18FN7. The predicted molar refractivity (Wildman–Crippen MR) is 116 cm³/mol. The van der Waals surface area contributed by atoms with Crippen molar-refractivity contribution in [2.24, 2.45) is 0 Å². The van der Waals surface area contributed by atoms with Crippen molar-refractivity contribution in [2.75, 3.05) is 5.73 Å². The monoisotopic (exact) mass is 411 g/mol. The number of hydrogen-bond donors (Lipinski definition) is 1. The lowest BCUT2D eigenvalue weighted by molar-refractivity contribution is 0.349. The molecule has 5 aromatic rings. The molecule has 7 nitrogen and oxygen atoms in total. The van der Waals surface area contributed by atoms with Crippen LogP contribution in [-0.4, -0.2) is 35.5 Å². The van der Waals surface area contributed by atoms with Crippen LogP contribution in [0.25, 0.3) is 34.1 Å². The van der Waals surface area contributed by atoms with Gasteiger partial charge in [-0.15, -0.1) is 0 Å². The normalized spacial score (nSPS) is 15.5. The van der Waals surface area contributed by atoms with E-state index >= 15 is 0 Å². The van der Waals surface area contributed by atoms with Gasteiger partial charge in [0.25, 0.3) is 0 Å². The fraction of sp³-hybridized carbons (Fsp3) is 0.130. The SMILES string of the molecule is Nc1ncccc1-c1nc2ccc(-n3cccn3)nc2n1-c1ccc2c(c1)CC(F)C2. The molecule has 4 heterocycles. The van der Waals surface area contributed by atoms with E-state index in [9.17, 15) is 4.39 Å². The zero-order valence-corrected chi connectivity index (χ0v) is 16.5. The zero-order valence-electron chi connectivity index (χ0n) is 16.5. The molecule has 1 aromatic carbocycles. The van der Waals surface area contributed by atoms with Crippen LogP contribution in [0.4, 0.5) is 10.2 Å². The Balaban J connectivity index is 1.63. The van der Waals surface area contributed by atoms with E-state index in [0.29, 0.717) is 41.5 Å². The Bertz CT molecular complexity index is 1420. The summed E-state index contributed by atoms with van der Waals surface area (Å²) >= 11 is 0. The van der Waals surface area contributed by atoms with Crippen LogP contribution in [0.3, 0.4) is 0 Å². The topological polar surface area (TPSA) is 87.4 Å². The third-order valence-electron chi connectivity index (χ3n) is 5.64. The number of nitrogen functional groups attached to an aromatic ring is 1. The van der Waals surface area contributed by atoms with Gasteiger partial charge in [0.15, 0.2) is 17.3 Å². The van der Waals surface area contributed by atoms with Gasteiger partial charge in [-0.05, 0) is 53.6 Å². The van der Waals surface area contributed by atoms with Gasteiger partial charge in [0.2, 0.25) is 0 Å². The molecule has 1 aliphatic rings. The van der Waals surface area contributed by atoms with Gasteiger partial charge < -0.3 is 5.73 Å². The summed E-state index contributed by atoms with van der Waals surface area (Å²) in [6.45, 7) is 0. The lowest BCUT2D eigenvalue weighted by atomic mass is 10.1. The number of imidazole rings is 1. The number of benzene rings is 1. The van der Waals surface area contributed by atoms with Crippen molar-refractivity contribution < 1.29 is 4.39 Å². The highest BCUT2D eigenvalue weighted by Crippen LogP contribution is 2.33. The maximum atomic E-state index is 14.0. The van der Waals surface area contributed by atoms with Gasteiger partial charge in [0.05, 0.1) is 5.56 Å². The number of fused-ring (bicyclic) bond motifs is 2. The van der Waals surface area contributed by atoms with Crippen LogP contribution in [0.5, 0.6) is 0 Å². The minimum Gasteiger partial charge on any atom is -0.383 e. The minimum atomic E-state index is -0.831. The number of halogens is 1. The lowest BCUT2D eigenvalue weighted by Crippen LogP contribution is -2.04. The fourth-order valence-corrected chi connectivity index (χ4v) is 4.20. The summed E-state index contributed by atoms with van der Waals surface area (Å²) in [5.41, 5.74) is 11.2. The quantitative estimate of drug-likeness (QED) is 0.489. The van der Waals surface area contributed by atoms with Gasteiger partial charge >= 0.3 is 0 Å². The van der Waals surface area contributed by atoms with E-state index in [1.807, 2.05) is 59.3 Å². The summed E-state index contributed by atoms with van der Waals surface area (Å²) in [5.74, 6) is 1.70. The number of aromatic nitrogens is 6. The van der Waals surface area contributed by atoms with Crippen molar-refractivity contribution in [3.05, 3.63) is 78.2 Å². The van der Waals surface area contributed by atoms with Gasteiger partial charge in [-0.2, -0.15) is 5.10 Å². The van der Waals surface area contributed by atoms with Crippen molar-refractivity contribution in [3.8, 4) is 22.9 Å². The van der Waals surface area contributed by atoms with Gasteiger partial charge in [-0.3, -0.25) is 4.57 Å². The summed E-state index contributed by atoms with van der Waals surface area (Å²) in [6, 6.07) is 15.3. The van der Waals surface area contributed by atoms with E-state index in [0.717, 1.165) is 22.3 Å². The maximum absolute atomic E-state index is 14.0. The molecule has 0 fully saturated rings. The van der Waals surface area contributed by atoms with E-state index in [-0.39, 0.29) is 0 Å². The van der Waals surface area contributed by atoms with Crippen LogP contribution in [0, 0.1) is 0 Å². The first-order valence-corrected chi connectivity index (χ1v) is 10.0. The molecule has 152 valence electrons. The minimum absolute atomic E-state index is 0.385. The van der Waals surface area contributed by atoms with Gasteiger partial charge in [-0.25, -0.2) is 24.0 Å². The number of nitrogens with two attached hydrogens (primary N) is 1. The van der Waals surface area contributed by atoms with Crippen LogP contribution in [0.1, 0.15) is 11.1 Å². The molecular weight excluding hydrogens is 393 g/mol. The lowest BCUT2D eigenvalue weighted by Gasteiger charge is -2.12. The second kappa shape index (κ2) is 6.73. The number of anilines is 1. The second-order valence-electron chi connectivity index (χ2n) is 7.63. The average molecular weight is 411 g/mol. The summed E-state index contributed by atoms with van der Waals surface area (Å²) in [5, 5.41) is 4.28. The van der Waals surface area contributed by atoms with Gasteiger partial charge in [-0.1, -0.05) is 6.07 Å². The molecule has 0 saturated heterocycles. The fourth-order valence-electron chi connectivity index (χ4n) is 4.20. The summed E-state index contributed by atoms with van der Waals surface area (Å²) in [4.78, 5) is 13.9. The van der Waals surface area contributed by atoms with E-state index < -0.39 is 6.17 Å². The molecule has 0 spiro atoms. The molecule has 0 amide bonds. The van der Waals surface area contributed by atoms with Crippen molar-refractivity contribution in [1.82, 2.24) is 29.3 Å². The van der Waals surface area contributed by atoms with Crippen molar-refractivity contribution in [1.29, 1.82) is 0 Å². The predicted octanol–water partition coefficient (Wildman–Crippen LogP) is 3.69. The molecule has 1 atom stereocenters. The largest absolute Gasteiger partial charge is 0.383 e. The zero-order chi connectivity index (χ0) is 20.9. The highest BCUT2D eigenvalue weighted by Gasteiger charge is 2.23. The molecule has 6 rings (SSSR count). The Hall–Kier alpha value is -4.07. The molecule has 0 bridgehead atoms. The Kier molecular flexibility index (Phi) is 3.86. The first-order valence-electron chi connectivity index (χ1n) is 10.0. The second-order valence-corrected chi connectivity index (χ2v) is 7.63. The van der Waals surface area contributed by atoms with E-state index in [4.69, 9.17) is 15.7 Å². The summed E-state index contributed by atoms with van der Waals surface area (Å²) in [6.07, 6.45) is 5.25. The van der Waals surface area contributed by atoms with E-state index in [2.05, 4.69) is 10.1 Å². The number of rotatable bonds is 3. The Morgan fingerprint density at radius 3 is 2.71 bits per heavy atom. The molecule has 0 aliphatic heterocycles. The van der Waals surface area contributed by atoms with Crippen LogP contribution in [-0.2, 0) is 12.8 Å². The maximum Gasteiger partial charge on any atom is 0.167 e. The van der Waals surface area contributed by atoms with Crippen molar-refractivity contribution >= 4 is 17.0 Å². The average Bonchev–Trinajstić information content (AvgIpc) is 3.50. The number of pyridine rings is 2. The first kappa shape index (κ1) is 17.8. The molecule has 8 heteroatoms. The number of nitrogens with zero attached hydrogens (tertiary/aromatic N) is 6. The molecule has 0 radical (unpaired) electrons. The van der Waals surface area contributed by atoms with Crippen LogP contribution < -0.4 is 5.73 Å². The number of hydrogen-bond acceptors (Lipinski definition) is 5. The molecule has 31 heavy (non-hydrogen) atoms. The van der Waals surface area contributed by atoms with Crippen LogP contribution >= 0.6 is 0 Å². The third-order valence-corrected chi connectivity index (χ3v) is 5.64.